The van der Waals surface area contributed by atoms with E-state index < -0.39 is 22.3 Å². The van der Waals surface area contributed by atoms with Crippen LogP contribution in [0.5, 0.6) is 0 Å². The van der Waals surface area contributed by atoms with Crippen molar-refractivity contribution in [2.45, 2.75) is 6.92 Å². The molecule has 0 aliphatic heterocycles. The van der Waals surface area contributed by atoms with Crippen LogP contribution in [0.2, 0.25) is 0 Å². The predicted octanol–water partition coefficient (Wildman–Crippen LogP) is 2.88. The van der Waals surface area contributed by atoms with Gasteiger partial charge in [-0.2, -0.15) is 4.39 Å². The predicted molar refractivity (Wildman–Crippen MR) is 76.6 cm³/mol. The van der Waals surface area contributed by atoms with E-state index in [1.165, 1.54) is 6.07 Å². The normalized spacial score (nSPS) is 10.2. The Bertz CT molecular complexity index is 731. The number of carbonyl (C=O) groups is 1. The van der Waals surface area contributed by atoms with E-state index in [1.807, 2.05) is 6.92 Å². The lowest BCUT2D eigenvalue weighted by Gasteiger charge is -2.08. The molecular formula is C14H12FN3O3. The van der Waals surface area contributed by atoms with Crippen molar-refractivity contribution in [3.8, 4) is 0 Å². The molecule has 0 bridgehead atoms. The number of halogens is 1. The summed E-state index contributed by atoms with van der Waals surface area (Å²) >= 11 is 0. The topological polar surface area (TPSA) is 98.3 Å². The first-order chi connectivity index (χ1) is 9.88. The first-order valence-electron chi connectivity index (χ1n) is 6.00. The van der Waals surface area contributed by atoms with Crippen LogP contribution in [-0.2, 0) is 0 Å². The van der Waals surface area contributed by atoms with E-state index in [1.54, 1.807) is 18.2 Å². The van der Waals surface area contributed by atoms with Crippen LogP contribution in [0.3, 0.4) is 0 Å². The number of nitrogen functional groups attached to an aromatic ring is 1. The Kier molecular flexibility index (Phi) is 3.84. The molecule has 21 heavy (non-hydrogen) atoms. The molecule has 0 atom stereocenters. The van der Waals surface area contributed by atoms with Crippen LogP contribution in [-0.4, -0.2) is 10.8 Å². The number of nitrogens with two attached hydrogens (primary N) is 1. The number of carbonyl (C=O) groups excluding carboxylic acids is 1. The second-order valence-corrected chi connectivity index (χ2v) is 4.47. The summed E-state index contributed by atoms with van der Waals surface area (Å²) in [6.45, 7) is 1.84. The average molecular weight is 289 g/mol. The first-order valence-corrected chi connectivity index (χ1v) is 6.00. The maximum Gasteiger partial charge on any atom is 0.304 e. The Hall–Kier alpha value is -2.96. The number of amides is 1. The highest BCUT2D eigenvalue weighted by atomic mass is 19.1. The SMILES string of the molecule is Cc1ccc(C(=O)Nc2ccc([N+](=O)[O-])c(F)c2)c(N)c1. The highest BCUT2D eigenvalue weighted by molar-refractivity contribution is 6.07. The van der Waals surface area contributed by atoms with E-state index in [0.29, 0.717) is 5.69 Å². The molecule has 0 saturated heterocycles. The zero-order valence-electron chi connectivity index (χ0n) is 11.1. The molecule has 0 aromatic heterocycles. The number of hydrogen-bond acceptors (Lipinski definition) is 4. The number of nitrogens with one attached hydrogen (secondary N) is 1. The maximum atomic E-state index is 13.5. The average Bonchev–Trinajstić information content (AvgIpc) is 2.37. The zero-order valence-corrected chi connectivity index (χ0v) is 11.1. The molecule has 1 amide bonds. The highest BCUT2D eigenvalue weighted by Crippen LogP contribution is 2.22. The summed E-state index contributed by atoms with van der Waals surface area (Å²) in [5, 5.41) is 13.0. The lowest BCUT2D eigenvalue weighted by atomic mass is 10.1. The molecule has 7 heteroatoms. The minimum absolute atomic E-state index is 0.114. The van der Waals surface area contributed by atoms with E-state index >= 15 is 0 Å². The molecule has 0 aliphatic rings. The maximum absolute atomic E-state index is 13.5. The van der Waals surface area contributed by atoms with Gasteiger partial charge in [-0.15, -0.1) is 0 Å². The standard InChI is InChI=1S/C14H12FN3O3/c1-8-2-4-10(12(16)6-8)14(19)17-9-3-5-13(18(20)21)11(15)7-9/h2-7H,16H2,1H3,(H,17,19). The molecule has 0 spiro atoms. The van der Waals surface area contributed by atoms with Crippen molar-refractivity contribution in [2.24, 2.45) is 0 Å². The summed E-state index contributed by atoms with van der Waals surface area (Å²) in [5.74, 6) is -1.53. The van der Waals surface area contributed by atoms with Gasteiger partial charge in [0.15, 0.2) is 0 Å². The molecule has 0 heterocycles. The molecular weight excluding hydrogens is 277 g/mol. The van der Waals surface area contributed by atoms with E-state index in [4.69, 9.17) is 5.73 Å². The molecule has 0 radical (unpaired) electrons. The molecule has 3 N–H and O–H groups in total. The highest BCUT2D eigenvalue weighted by Gasteiger charge is 2.16. The Morgan fingerprint density at radius 1 is 1.29 bits per heavy atom. The van der Waals surface area contributed by atoms with Gasteiger partial charge in [0.25, 0.3) is 5.91 Å². The summed E-state index contributed by atoms with van der Waals surface area (Å²) in [7, 11) is 0. The monoisotopic (exact) mass is 289 g/mol. The quantitative estimate of drug-likeness (QED) is 0.515. The van der Waals surface area contributed by atoms with Gasteiger partial charge in [-0.25, -0.2) is 0 Å². The summed E-state index contributed by atoms with van der Waals surface area (Å²) < 4.78 is 13.5. The largest absolute Gasteiger partial charge is 0.398 e. The molecule has 2 aromatic rings. The second kappa shape index (κ2) is 5.58. The van der Waals surface area contributed by atoms with E-state index in [2.05, 4.69) is 5.32 Å². The summed E-state index contributed by atoms with van der Waals surface area (Å²) in [6.07, 6.45) is 0. The Balaban J connectivity index is 2.23. The van der Waals surface area contributed by atoms with Crippen molar-refractivity contribution in [3.05, 3.63) is 63.5 Å². The van der Waals surface area contributed by atoms with Crippen molar-refractivity contribution in [2.75, 3.05) is 11.1 Å². The van der Waals surface area contributed by atoms with Gasteiger partial charge in [-0.3, -0.25) is 14.9 Å². The molecule has 0 aliphatic carbocycles. The second-order valence-electron chi connectivity index (χ2n) is 4.47. The van der Waals surface area contributed by atoms with Gasteiger partial charge in [0.05, 0.1) is 10.5 Å². The van der Waals surface area contributed by atoms with Gasteiger partial charge in [0.1, 0.15) is 0 Å². The van der Waals surface area contributed by atoms with Crippen LogP contribution in [0, 0.1) is 22.9 Å². The molecule has 0 fully saturated rings. The molecule has 2 rings (SSSR count). The minimum atomic E-state index is -1.02. The van der Waals surface area contributed by atoms with Gasteiger partial charge in [-0.1, -0.05) is 6.07 Å². The number of anilines is 2. The summed E-state index contributed by atoms with van der Waals surface area (Å²) in [4.78, 5) is 21.7. The molecule has 0 unspecified atom stereocenters. The summed E-state index contributed by atoms with van der Waals surface area (Å²) in [6, 6.07) is 8.06. The molecule has 108 valence electrons. The van der Waals surface area contributed by atoms with Gasteiger partial charge in [0.2, 0.25) is 5.82 Å². The van der Waals surface area contributed by atoms with Crippen molar-refractivity contribution < 1.29 is 14.1 Å². The van der Waals surface area contributed by atoms with Crippen LogP contribution < -0.4 is 11.1 Å². The minimum Gasteiger partial charge on any atom is -0.398 e. The number of nitro groups is 1. The fourth-order valence-electron chi connectivity index (χ4n) is 1.82. The van der Waals surface area contributed by atoms with Gasteiger partial charge in [0, 0.05) is 23.5 Å². The Morgan fingerprint density at radius 2 is 2.00 bits per heavy atom. The molecule has 6 nitrogen and oxygen atoms in total. The van der Waals surface area contributed by atoms with Crippen molar-refractivity contribution >= 4 is 23.0 Å². The third-order valence-electron chi connectivity index (χ3n) is 2.85. The number of benzene rings is 2. The number of nitrogens with zero attached hydrogens (tertiary/aromatic N) is 1. The lowest BCUT2D eigenvalue weighted by molar-refractivity contribution is -0.387. The van der Waals surface area contributed by atoms with Crippen LogP contribution in [0.25, 0.3) is 0 Å². The van der Waals surface area contributed by atoms with E-state index in [0.717, 1.165) is 17.7 Å². The van der Waals surface area contributed by atoms with Crippen LogP contribution in [0.4, 0.5) is 21.5 Å². The van der Waals surface area contributed by atoms with Gasteiger partial charge < -0.3 is 11.1 Å². The fourth-order valence-corrected chi connectivity index (χ4v) is 1.82. The third-order valence-corrected chi connectivity index (χ3v) is 2.85. The lowest BCUT2D eigenvalue weighted by Crippen LogP contribution is -2.14. The number of aryl methyl sites for hydroxylation is 1. The smallest absolute Gasteiger partial charge is 0.304 e. The van der Waals surface area contributed by atoms with Crippen LogP contribution in [0.1, 0.15) is 15.9 Å². The number of rotatable bonds is 3. The van der Waals surface area contributed by atoms with Crippen LogP contribution in [0.15, 0.2) is 36.4 Å². The fraction of sp³-hybridized carbons (Fsp3) is 0.0714. The van der Waals surface area contributed by atoms with Gasteiger partial charge in [-0.05, 0) is 30.7 Å². The van der Waals surface area contributed by atoms with Crippen molar-refractivity contribution in [1.29, 1.82) is 0 Å². The Labute approximate surface area is 119 Å². The number of nitro benzene ring substituents is 1. The molecule has 2 aromatic carbocycles. The van der Waals surface area contributed by atoms with Gasteiger partial charge >= 0.3 is 5.69 Å². The Morgan fingerprint density at radius 3 is 2.57 bits per heavy atom. The van der Waals surface area contributed by atoms with Crippen LogP contribution >= 0.6 is 0 Å². The third kappa shape index (κ3) is 3.14. The van der Waals surface area contributed by atoms with Crippen molar-refractivity contribution in [3.63, 3.8) is 0 Å². The van der Waals surface area contributed by atoms with E-state index in [-0.39, 0.29) is 11.3 Å². The molecule has 0 saturated carbocycles. The zero-order chi connectivity index (χ0) is 15.6. The first kappa shape index (κ1) is 14.4. The van der Waals surface area contributed by atoms with Crippen molar-refractivity contribution in [1.82, 2.24) is 0 Å². The van der Waals surface area contributed by atoms with E-state index in [9.17, 15) is 19.3 Å². The summed E-state index contributed by atoms with van der Waals surface area (Å²) in [5.41, 5.74) is 6.67. The number of hydrogen-bond donors (Lipinski definition) is 2.